The number of carbonyl (C=O) groups excluding carboxylic acids is 2. The Morgan fingerprint density at radius 1 is 0.759 bits per heavy atom. The van der Waals surface area contributed by atoms with E-state index in [9.17, 15) is 9.59 Å². The highest BCUT2D eigenvalue weighted by Gasteiger charge is 2.12. The van der Waals surface area contributed by atoms with E-state index in [1.165, 1.54) is 0 Å². The summed E-state index contributed by atoms with van der Waals surface area (Å²) in [4.78, 5) is 24.5. The topological polar surface area (TPSA) is 67.4 Å². The maximum Gasteiger partial charge on any atom is 0.255 e. The lowest BCUT2D eigenvalue weighted by Crippen LogP contribution is -2.34. The quantitative estimate of drug-likeness (QED) is 0.552. The van der Waals surface area contributed by atoms with E-state index in [0.717, 1.165) is 5.56 Å². The predicted molar refractivity (Wildman–Crippen MR) is 113 cm³/mol. The maximum atomic E-state index is 12.5. The Kier molecular flexibility index (Phi) is 7.25. The van der Waals surface area contributed by atoms with Crippen molar-refractivity contribution in [1.29, 1.82) is 0 Å². The van der Waals surface area contributed by atoms with Crippen molar-refractivity contribution in [2.45, 2.75) is 6.61 Å². The predicted octanol–water partition coefficient (Wildman–Crippen LogP) is 4.08. The minimum atomic E-state index is -0.270. The van der Waals surface area contributed by atoms with E-state index in [-0.39, 0.29) is 18.4 Å². The molecule has 3 rings (SSSR count). The third kappa shape index (κ3) is 5.83. The number of para-hydroxylation sites is 1. The third-order valence-corrected chi connectivity index (χ3v) is 4.57. The highest BCUT2D eigenvalue weighted by atomic mass is 35.5. The van der Waals surface area contributed by atoms with Crippen LogP contribution < -0.4 is 15.4 Å². The van der Waals surface area contributed by atoms with Crippen LogP contribution >= 0.6 is 11.6 Å². The number of hydrogen-bond acceptors (Lipinski definition) is 3. The average molecular weight is 409 g/mol. The third-order valence-electron chi connectivity index (χ3n) is 4.20. The monoisotopic (exact) mass is 408 g/mol. The zero-order valence-electron chi connectivity index (χ0n) is 15.7. The first-order chi connectivity index (χ1) is 14.1. The summed E-state index contributed by atoms with van der Waals surface area (Å²) in [5.74, 6) is 0.0234. The van der Waals surface area contributed by atoms with Crippen LogP contribution in [0.5, 0.6) is 5.75 Å². The van der Waals surface area contributed by atoms with Crippen LogP contribution in [0, 0.1) is 0 Å². The van der Waals surface area contributed by atoms with Gasteiger partial charge in [-0.25, -0.2) is 0 Å². The van der Waals surface area contributed by atoms with Crippen molar-refractivity contribution in [2.75, 3.05) is 13.1 Å². The van der Waals surface area contributed by atoms with Gasteiger partial charge in [-0.1, -0.05) is 60.1 Å². The van der Waals surface area contributed by atoms with Crippen LogP contribution in [0.4, 0.5) is 0 Å². The maximum absolute atomic E-state index is 12.5. The van der Waals surface area contributed by atoms with Crippen LogP contribution in [0.2, 0.25) is 5.02 Å². The molecule has 5 nitrogen and oxygen atoms in total. The molecule has 0 aromatic heterocycles. The Morgan fingerprint density at radius 3 is 2.14 bits per heavy atom. The molecule has 2 amide bonds. The first kappa shape index (κ1) is 20.4. The molecule has 0 aliphatic rings. The van der Waals surface area contributed by atoms with Crippen molar-refractivity contribution in [3.63, 3.8) is 0 Å². The van der Waals surface area contributed by atoms with Crippen molar-refractivity contribution in [1.82, 2.24) is 10.6 Å². The second-order valence-electron chi connectivity index (χ2n) is 6.25. The fraction of sp³-hybridized carbons (Fsp3) is 0.130. The fourth-order valence-electron chi connectivity index (χ4n) is 2.69. The standard InChI is InChI=1S/C23H21ClN2O3/c24-20-12-6-4-10-18(20)16-29-21-13-7-5-11-19(21)23(28)26-15-14-25-22(27)17-8-2-1-3-9-17/h1-13H,14-16H2,(H,25,27)(H,26,28). The molecule has 0 fully saturated rings. The van der Waals surface area contributed by atoms with Crippen LogP contribution in [0.3, 0.4) is 0 Å². The summed E-state index contributed by atoms with van der Waals surface area (Å²) >= 11 is 6.15. The second kappa shape index (κ2) is 10.3. The summed E-state index contributed by atoms with van der Waals surface area (Å²) in [6.45, 7) is 0.884. The van der Waals surface area contributed by atoms with E-state index in [1.54, 1.807) is 54.6 Å². The number of ether oxygens (including phenoxy) is 1. The van der Waals surface area contributed by atoms with Gasteiger partial charge in [0.25, 0.3) is 11.8 Å². The Balaban J connectivity index is 1.52. The van der Waals surface area contributed by atoms with Crippen LogP contribution in [0.25, 0.3) is 0 Å². The van der Waals surface area contributed by atoms with Crippen molar-refractivity contribution in [3.8, 4) is 5.75 Å². The number of amides is 2. The summed E-state index contributed by atoms with van der Waals surface area (Å²) < 4.78 is 5.81. The highest BCUT2D eigenvalue weighted by molar-refractivity contribution is 6.31. The van der Waals surface area contributed by atoms with Gasteiger partial charge in [-0.2, -0.15) is 0 Å². The van der Waals surface area contributed by atoms with Crippen LogP contribution in [0.1, 0.15) is 26.3 Å². The molecule has 29 heavy (non-hydrogen) atoms. The van der Waals surface area contributed by atoms with E-state index >= 15 is 0 Å². The molecular formula is C23H21ClN2O3. The number of nitrogens with one attached hydrogen (secondary N) is 2. The number of hydrogen-bond donors (Lipinski definition) is 2. The zero-order valence-corrected chi connectivity index (χ0v) is 16.5. The molecule has 3 aromatic rings. The average Bonchev–Trinajstić information content (AvgIpc) is 2.76. The summed E-state index contributed by atoms with van der Waals surface area (Å²) in [6, 6.07) is 23.3. The van der Waals surface area contributed by atoms with Gasteiger partial charge in [0.2, 0.25) is 0 Å². The smallest absolute Gasteiger partial charge is 0.255 e. The van der Waals surface area contributed by atoms with E-state index in [2.05, 4.69) is 10.6 Å². The van der Waals surface area contributed by atoms with Crippen molar-refractivity contribution >= 4 is 23.4 Å². The van der Waals surface area contributed by atoms with E-state index in [4.69, 9.17) is 16.3 Å². The number of benzene rings is 3. The molecule has 6 heteroatoms. The first-order valence-electron chi connectivity index (χ1n) is 9.22. The van der Waals surface area contributed by atoms with E-state index < -0.39 is 0 Å². The first-order valence-corrected chi connectivity index (χ1v) is 9.59. The zero-order chi connectivity index (χ0) is 20.5. The van der Waals surface area contributed by atoms with Crippen LogP contribution in [-0.2, 0) is 6.61 Å². The van der Waals surface area contributed by atoms with Gasteiger partial charge in [-0.15, -0.1) is 0 Å². The lowest BCUT2D eigenvalue weighted by atomic mass is 10.2. The molecule has 148 valence electrons. The largest absolute Gasteiger partial charge is 0.488 e. The van der Waals surface area contributed by atoms with Gasteiger partial charge < -0.3 is 15.4 Å². The van der Waals surface area contributed by atoms with Gasteiger partial charge in [-0.3, -0.25) is 9.59 Å². The molecule has 0 aliphatic carbocycles. The number of carbonyl (C=O) groups is 2. The molecule has 2 N–H and O–H groups in total. The van der Waals surface area contributed by atoms with Crippen molar-refractivity contribution in [2.24, 2.45) is 0 Å². The Morgan fingerprint density at radius 2 is 1.38 bits per heavy atom. The molecule has 0 heterocycles. The Labute approximate surface area is 174 Å². The minimum Gasteiger partial charge on any atom is -0.488 e. The molecule has 0 saturated heterocycles. The number of halogens is 1. The normalized spacial score (nSPS) is 10.2. The lowest BCUT2D eigenvalue weighted by Gasteiger charge is -2.12. The van der Waals surface area contributed by atoms with Gasteiger partial charge in [0.05, 0.1) is 5.56 Å². The molecule has 3 aromatic carbocycles. The summed E-state index contributed by atoms with van der Waals surface area (Å²) in [5.41, 5.74) is 1.85. The Hall–Kier alpha value is -3.31. The summed E-state index contributed by atoms with van der Waals surface area (Å²) in [5, 5.41) is 6.18. The van der Waals surface area contributed by atoms with Crippen molar-refractivity contribution in [3.05, 3.63) is 101 Å². The Bertz CT molecular complexity index is 977. The molecule has 0 unspecified atom stereocenters. The molecule has 0 spiro atoms. The fourth-order valence-corrected chi connectivity index (χ4v) is 2.88. The van der Waals surface area contributed by atoms with Crippen LogP contribution in [0.15, 0.2) is 78.9 Å². The molecule has 0 radical (unpaired) electrons. The lowest BCUT2D eigenvalue weighted by molar-refractivity contribution is 0.0925. The minimum absolute atomic E-state index is 0.177. The van der Waals surface area contributed by atoms with Crippen molar-refractivity contribution < 1.29 is 14.3 Å². The molecule has 0 aliphatic heterocycles. The van der Waals surface area contributed by atoms with Gasteiger partial charge in [-0.05, 0) is 30.3 Å². The molecule has 0 atom stereocenters. The SMILES string of the molecule is O=C(NCCNC(=O)c1ccccc1OCc1ccccc1Cl)c1ccccc1. The van der Waals surface area contributed by atoms with E-state index in [0.29, 0.717) is 35.0 Å². The molecular weight excluding hydrogens is 388 g/mol. The summed E-state index contributed by atoms with van der Waals surface area (Å²) in [7, 11) is 0. The molecule has 0 saturated carbocycles. The van der Waals surface area contributed by atoms with E-state index in [1.807, 2.05) is 24.3 Å². The number of rotatable bonds is 8. The highest BCUT2D eigenvalue weighted by Crippen LogP contribution is 2.21. The second-order valence-corrected chi connectivity index (χ2v) is 6.66. The van der Waals surface area contributed by atoms with Crippen LogP contribution in [-0.4, -0.2) is 24.9 Å². The summed E-state index contributed by atoms with van der Waals surface area (Å²) in [6.07, 6.45) is 0. The van der Waals surface area contributed by atoms with Gasteiger partial charge in [0.1, 0.15) is 12.4 Å². The van der Waals surface area contributed by atoms with Gasteiger partial charge >= 0.3 is 0 Å². The van der Waals surface area contributed by atoms with Gasteiger partial charge in [0, 0.05) is 29.2 Å². The van der Waals surface area contributed by atoms with Gasteiger partial charge in [0.15, 0.2) is 0 Å². The molecule has 0 bridgehead atoms.